The minimum Gasteiger partial charge on any atom is -0.373 e. The minimum absolute atomic E-state index is 0.00241. The van der Waals surface area contributed by atoms with Crippen LogP contribution in [0.25, 0.3) is 11.1 Å². The van der Waals surface area contributed by atoms with E-state index < -0.39 is 35.4 Å². The van der Waals surface area contributed by atoms with Gasteiger partial charge in [-0.1, -0.05) is 53.7 Å². The lowest BCUT2D eigenvalue weighted by atomic mass is 10.0. The number of nitrogens with two attached hydrogens (primary N) is 1. The maximum atomic E-state index is 15.4. The standard InChI is InChI=1S/C28H26ClFN8O3S/c1-14-32-11-15(12-33-14)27-35-24-23(25(31)40)36-38(28(24)42-27)13-21(39)37-10-9-20(37)26(41)34-19-8-4-6-17(22(19)30)16-5-2-3-7-18(16)29/h2-8,11-12,20,24-25,28,40H,9-10,13,31H2,1H3,(H,34,41)/t20-,24?,25?,28?/m0/s1. The van der Waals surface area contributed by atoms with Crippen LogP contribution in [0.5, 0.6) is 0 Å². The number of nitrogens with one attached hydrogen (secondary N) is 1. The van der Waals surface area contributed by atoms with Crippen molar-refractivity contribution in [1.82, 2.24) is 19.9 Å². The van der Waals surface area contributed by atoms with Gasteiger partial charge in [0.1, 0.15) is 46.8 Å². The summed E-state index contributed by atoms with van der Waals surface area (Å²) in [5.74, 6) is -0.825. The SMILES string of the molecule is Cc1ncc(C2=NC3C(C(N)O)=NN(CC(=O)N4CC[C@H]4C(=O)Nc4cccc(-c5ccccc5Cl)c4F)C3S2)cn1. The van der Waals surface area contributed by atoms with E-state index in [0.29, 0.717) is 40.0 Å². The molecular formula is C28H26ClFN8O3S. The topological polar surface area (TPSA) is 149 Å². The van der Waals surface area contributed by atoms with Crippen LogP contribution in [-0.4, -0.2) is 84.3 Å². The van der Waals surface area contributed by atoms with Gasteiger partial charge in [-0.05, 0) is 25.5 Å². The van der Waals surface area contributed by atoms with Crippen molar-refractivity contribution >= 4 is 51.6 Å². The number of rotatable bonds is 7. The number of hydrazone groups is 1. The van der Waals surface area contributed by atoms with Crippen LogP contribution in [0.1, 0.15) is 17.8 Å². The molecule has 0 radical (unpaired) electrons. The lowest BCUT2D eigenvalue weighted by molar-refractivity contribution is -0.146. The Morgan fingerprint density at radius 1 is 1.19 bits per heavy atom. The van der Waals surface area contributed by atoms with Gasteiger partial charge in [-0.3, -0.25) is 19.6 Å². The summed E-state index contributed by atoms with van der Waals surface area (Å²) < 4.78 is 15.4. The summed E-state index contributed by atoms with van der Waals surface area (Å²) in [6, 6.07) is 10.2. The van der Waals surface area contributed by atoms with E-state index in [9.17, 15) is 14.7 Å². The van der Waals surface area contributed by atoms with E-state index in [1.807, 2.05) is 0 Å². The maximum Gasteiger partial charge on any atom is 0.247 e. The number of aliphatic hydroxyl groups is 1. The fourth-order valence-electron chi connectivity index (χ4n) is 5.02. The molecule has 3 aliphatic heterocycles. The van der Waals surface area contributed by atoms with Crippen LogP contribution in [-0.2, 0) is 9.59 Å². The van der Waals surface area contributed by atoms with Gasteiger partial charge in [-0.25, -0.2) is 14.4 Å². The molecule has 1 aromatic heterocycles. The molecule has 4 heterocycles. The van der Waals surface area contributed by atoms with Gasteiger partial charge in [0.25, 0.3) is 0 Å². The second kappa shape index (κ2) is 11.4. The number of likely N-dealkylation sites (tertiary alicyclic amines) is 1. The molecule has 0 aliphatic carbocycles. The molecule has 1 saturated heterocycles. The van der Waals surface area contributed by atoms with Gasteiger partial charge in [-0.15, -0.1) is 0 Å². The Labute approximate surface area is 249 Å². The summed E-state index contributed by atoms with van der Waals surface area (Å²) in [5.41, 5.74) is 7.48. The van der Waals surface area contributed by atoms with E-state index in [1.54, 1.807) is 55.7 Å². The molecule has 2 amide bonds. The normalized spacial score (nSPS) is 21.8. The van der Waals surface area contributed by atoms with Gasteiger partial charge < -0.3 is 21.1 Å². The Bertz CT molecular complexity index is 1620. The number of thioether (sulfide) groups is 1. The Morgan fingerprint density at radius 3 is 2.62 bits per heavy atom. The zero-order valence-corrected chi connectivity index (χ0v) is 23.9. The van der Waals surface area contributed by atoms with E-state index in [-0.39, 0.29) is 29.4 Å². The van der Waals surface area contributed by atoms with Crippen molar-refractivity contribution in [2.75, 3.05) is 18.4 Å². The van der Waals surface area contributed by atoms with Crippen molar-refractivity contribution in [3.05, 3.63) is 77.1 Å². The van der Waals surface area contributed by atoms with Crippen molar-refractivity contribution in [3.8, 4) is 11.1 Å². The number of aromatic nitrogens is 2. The Kier molecular flexibility index (Phi) is 7.66. The number of benzene rings is 2. The minimum atomic E-state index is -1.35. The fraction of sp³-hybridized carbons (Fsp3) is 0.286. The number of aliphatic hydroxyl groups excluding tert-OH is 1. The van der Waals surface area contributed by atoms with Crippen molar-refractivity contribution in [2.45, 2.75) is 37.0 Å². The van der Waals surface area contributed by atoms with Gasteiger partial charge in [0.15, 0.2) is 5.82 Å². The summed E-state index contributed by atoms with van der Waals surface area (Å²) >= 11 is 7.63. The summed E-state index contributed by atoms with van der Waals surface area (Å²) in [7, 11) is 0. The van der Waals surface area contributed by atoms with Crippen LogP contribution < -0.4 is 11.1 Å². The molecular weight excluding hydrogens is 583 g/mol. The number of hydrogen-bond donors (Lipinski definition) is 3. The molecule has 11 nitrogen and oxygen atoms in total. The molecule has 0 bridgehead atoms. The zero-order valence-electron chi connectivity index (χ0n) is 22.3. The first-order valence-electron chi connectivity index (χ1n) is 13.2. The third kappa shape index (κ3) is 5.24. The molecule has 3 aromatic rings. The highest BCUT2D eigenvalue weighted by Gasteiger charge is 2.47. The summed E-state index contributed by atoms with van der Waals surface area (Å²) in [6.07, 6.45) is 2.41. The molecule has 6 rings (SSSR count). The van der Waals surface area contributed by atoms with Gasteiger partial charge in [0.05, 0.1) is 5.69 Å². The molecule has 14 heteroatoms. The van der Waals surface area contributed by atoms with Gasteiger partial charge in [0.2, 0.25) is 11.8 Å². The number of nitrogens with zero attached hydrogens (tertiary/aromatic N) is 6. The molecule has 3 unspecified atom stereocenters. The van der Waals surface area contributed by atoms with Gasteiger partial charge in [0, 0.05) is 40.7 Å². The predicted molar refractivity (Wildman–Crippen MR) is 158 cm³/mol. The number of carbonyl (C=O) groups excluding carboxylic acids is 2. The molecule has 1 fully saturated rings. The average molecular weight is 609 g/mol. The highest BCUT2D eigenvalue weighted by Crippen LogP contribution is 2.38. The molecule has 4 N–H and O–H groups in total. The van der Waals surface area contributed by atoms with Crippen molar-refractivity contribution in [1.29, 1.82) is 0 Å². The van der Waals surface area contributed by atoms with Crippen LogP contribution in [0.3, 0.4) is 0 Å². The number of halogens is 2. The first-order valence-corrected chi connectivity index (χ1v) is 14.4. The highest BCUT2D eigenvalue weighted by atomic mass is 35.5. The summed E-state index contributed by atoms with van der Waals surface area (Å²) in [5, 5.41) is 19.3. The molecule has 0 spiro atoms. The van der Waals surface area contributed by atoms with E-state index in [1.165, 1.54) is 27.7 Å². The van der Waals surface area contributed by atoms with E-state index in [0.717, 1.165) is 0 Å². The largest absolute Gasteiger partial charge is 0.373 e. The van der Waals surface area contributed by atoms with Crippen LogP contribution >= 0.6 is 23.4 Å². The Hall–Kier alpha value is -3.91. The number of anilines is 1. The molecule has 4 atom stereocenters. The van der Waals surface area contributed by atoms with E-state index in [2.05, 4.69) is 25.4 Å². The van der Waals surface area contributed by atoms with E-state index in [4.69, 9.17) is 17.3 Å². The first-order chi connectivity index (χ1) is 20.2. The third-order valence-electron chi connectivity index (χ3n) is 7.29. The van der Waals surface area contributed by atoms with Crippen LogP contribution in [0.2, 0.25) is 5.02 Å². The average Bonchev–Trinajstić information content (AvgIpc) is 3.50. The quantitative estimate of drug-likeness (QED) is 0.347. The first kappa shape index (κ1) is 28.2. The Morgan fingerprint density at radius 2 is 1.93 bits per heavy atom. The number of amides is 2. The molecule has 42 heavy (non-hydrogen) atoms. The van der Waals surface area contributed by atoms with Crippen LogP contribution in [0, 0.1) is 12.7 Å². The summed E-state index contributed by atoms with van der Waals surface area (Å²) in [4.78, 5) is 41.0. The number of hydrogen-bond acceptors (Lipinski definition) is 10. The van der Waals surface area contributed by atoms with Crippen LogP contribution in [0.4, 0.5) is 10.1 Å². The van der Waals surface area contributed by atoms with Crippen molar-refractivity contribution in [3.63, 3.8) is 0 Å². The second-order valence-electron chi connectivity index (χ2n) is 10.0. The number of carbonyl (C=O) groups is 2. The molecule has 3 aliphatic rings. The smallest absolute Gasteiger partial charge is 0.247 e. The second-order valence-corrected chi connectivity index (χ2v) is 11.5. The third-order valence-corrected chi connectivity index (χ3v) is 8.93. The molecule has 2 aromatic carbocycles. The number of aliphatic imine (C=N–C) groups is 1. The Balaban J connectivity index is 1.13. The predicted octanol–water partition coefficient (Wildman–Crippen LogP) is 2.62. The van der Waals surface area contributed by atoms with Crippen molar-refractivity contribution in [2.24, 2.45) is 15.8 Å². The van der Waals surface area contributed by atoms with E-state index >= 15 is 4.39 Å². The lowest BCUT2D eigenvalue weighted by Gasteiger charge is -2.40. The fourth-order valence-corrected chi connectivity index (χ4v) is 6.48. The lowest BCUT2D eigenvalue weighted by Crippen LogP contribution is -2.58. The number of fused-ring (bicyclic) bond motifs is 1. The van der Waals surface area contributed by atoms with Crippen LogP contribution in [0.15, 0.2) is 65.0 Å². The highest BCUT2D eigenvalue weighted by molar-refractivity contribution is 8.15. The van der Waals surface area contributed by atoms with Gasteiger partial charge >= 0.3 is 0 Å². The number of aryl methyl sites for hydroxylation is 1. The molecule has 216 valence electrons. The van der Waals surface area contributed by atoms with Crippen molar-refractivity contribution < 1.29 is 19.1 Å². The monoisotopic (exact) mass is 608 g/mol. The summed E-state index contributed by atoms with van der Waals surface area (Å²) in [6.45, 7) is 1.99. The maximum absolute atomic E-state index is 15.4. The molecule has 0 saturated carbocycles. The van der Waals surface area contributed by atoms with Gasteiger partial charge in [-0.2, -0.15) is 5.10 Å². The zero-order chi connectivity index (χ0) is 29.5.